The van der Waals surface area contributed by atoms with Crippen LogP contribution < -0.4 is 18.3 Å². The van der Waals surface area contributed by atoms with Gasteiger partial charge in [0.25, 0.3) is 0 Å². The number of anilines is 8. The van der Waals surface area contributed by atoms with Crippen molar-refractivity contribution in [2.24, 2.45) is 0 Å². The largest absolute Gasteiger partial charge is 0.521 e. The van der Waals surface area contributed by atoms with Crippen LogP contribution in [0.25, 0.3) is 43.1 Å². The molecule has 0 bridgehead atoms. The van der Waals surface area contributed by atoms with E-state index in [-0.39, 0.29) is 0 Å². The first-order valence-corrected chi connectivity index (χ1v) is 21.4. The Kier molecular flexibility index (Phi) is 6.91. The third-order valence-corrected chi connectivity index (χ3v) is 16.3. The van der Waals surface area contributed by atoms with Crippen LogP contribution >= 0.6 is 0 Å². The lowest BCUT2D eigenvalue weighted by Crippen LogP contribution is -2.76. The lowest BCUT2D eigenvalue weighted by atomic mass is 10.1. The van der Waals surface area contributed by atoms with Gasteiger partial charge in [0.1, 0.15) is 0 Å². The van der Waals surface area contributed by atoms with Gasteiger partial charge in [-0.25, -0.2) is 0 Å². The normalized spacial score (nSPS) is 14.3. The van der Waals surface area contributed by atoms with Crippen molar-refractivity contribution in [1.82, 2.24) is 0 Å². The lowest BCUT2D eigenvalue weighted by molar-refractivity contribution is 1.18. The highest BCUT2D eigenvalue weighted by Crippen LogP contribution is 2.62. The highest BCUT2D eigenvalue weighted by atomic mass is 28.4. The molecule has 0 N–H and O–H groups in total. The molecule has 1 spiro atoms. The lowest BCUT2D eigenvalue weighted by Gasteiger charge is -2.49. The summed E-state index contributed by atoms with van der Waals surface area (Å²) in [6, 6.07) is 81.0. The summed E-state index contributed by atoms with van der Waals surface area (Å²) in [5.74, 6) is 0. The number of benzene rings is 10. The van der Waals surface area contributed by atoms with Gasteiger partial charge in [0.2, 0.25) is 0 Å². The minimum absolute atomic E-state index is 1.15. The van der Waals surface area contributed by atoms with E-state index in [1.807, 2.05) is 0 Å². The van der Waals surface area contributed by atoms with Crippen molar-refractivity contribution in [3.05, 3.63) is 218 Å². The highest BCUT2D eigenvalue weighted by Gasteiger charge is 2.69. The van der Waals surface area contributed by atoms with Gasteiger partial charge in [0.05, 0.1) is 22.7 Å². The molecule has 57 heavy (non-hydrogen) atoms. The molecule has 0 saturated heterocycles. The van der Waals surface area contributed by atoms with Crippen molar-refractivity contribution in [3.63, 3.8) is 0 Å². The van der Waals surface area contributed by atoms with Gasteiger partial charge in [-0.3, -0.25) is 0 Å². The third-order valence-electron chi connectivity index (χ3n) is 11.9. The maximum absolute atomic E-state index is 3.58. The topological polar surface area (TPSA) is 13.0 Å². The van der Waals surface area contributed by atoms with Crippen LogP contribution in [0.3, 0.4) is 0 Å². The zero-order valence-corrected chi connectivity index (χ0v) is 32.1. The predicted octanol–water partition coefficient (Wildman–Crippen LogP) is 14.0. The Balaban J connectivity index is 1.26. The van der Waals surface area contributed by atoms with Gasteiger partial charge < -0.3 is 18.3 Å². The predicted molar refractivity (Wildman–Crippen MR) is 243 cm³/mol. The zero-order chi connectivity index (χ0) is 37.5. The smallest absolute Gasteiger partial charge is 0.314 e. The summed E-state index contributed by atoms with van der Waals surface area (Å²) in [6.45, 7) is 0. The second kappa shape index (κ2) is 12.3. The molecule has 0 atom stereocenters. The van der Waals surface area contributed by atoms with Crippen molar-refractivity contribution in [2.75, 3.05) is 18.3 Å². The first kappa shape index (κ1) is 32.0. The van der Waals surface area contributed by atoms with Crippen LogP contribution in [0.2, 0.25) is 0 Å². The molecular formula is C52H36N4Si. The van der Waals surface area contributed by atoms with E-state index in [1.54, 1.807) is 0 Å². The number of rotatable bonds is 4. The first-order chi connectivity index (χ1) is 28.3. The Morgan fingerprint density at radius 3 is 0.667 bits per heavy atom. The van der Waals surface area contributed by atoms with E-state index in [1.165, 1.54) is 65.8 Å². The van der Waals surface area contributed by atoms with Gasteiger partial charge in [-0.1, -0.05) is 146 Å². The van der Waals surface area contributed by atoms with Crippen LogP contribution in [-0.2, 0) is 0 Å². The summed E-state index contributed by atoms with van der Waals surface area (Å²) >= 11 is 0. The van der Waals surface area contributed by atoms with Crippen LogP contribution in [0.4, 0.5) is 45.5 Å². The fourth-order valence-electron chi connectivity index (χ4n) is 9.44. The van der Waals surface area contributed by atoms with E-state index in [0.29, 0.717) is 0 Å². The average molecular weight is 745 g/mol. The van der Waals surface area contributed by atoms with Crippen molar-refractivity contribution in [3.8, 4) is 0 Å². The summed E-state index contributed by atoms with van der Waals surface area (Å²) in [6.07, 6.45) is 0. The summed E-state index contributed by atoms with van der Waals surface area (Å²) < 4.78 is 10.9. The molecule has 10 aromatic carbocycles. The summed E-state index contributed by atoms with van der Waals surface area (Å²) in [4.78, 5) is 0. The quantitative estimate of drug-likeness (QED) is 0.166. The molecule has 0 saturated carbocycles. The number of fused-ring (bicyclic) bond motifs is 6. The van der Waals surface area contributed by atoms with Crippen molar-refractivity contribution in [1.29, 1.82) is 0 Å². The minimum atomic E-state index is -3.58. The van der Waals surface area contributed by atoms with E-state index in [9.17, 15) is 0 Å². The molecule has 0 fully saturated rings. The first-order valence-electron chi connectivity index (χ1n) is 19.6. The Labute approximate surface area is 332 Å². The molecule has 12 rings (SSSR count). The molecule has 2 heterocycles. The molecule has 0 aromatic heterocycles. The summed E-state index contributed by atoms with van der Waals surface area (Å²) in [5.41, 5.74) is 9.32. The molecule has 268 valence electrons. The van der Waals surface area contributed by atoms with Gasteiger partial charge in [0, 0.05) is 22.7 Å². The Bertz CT molecular complexity index is 2780. The standard InChI is InChI=1S/C52H36N4Si/c1-5-17-41-33-45(29-25-37(41)13-1)53-49-21-9-10-22-50(49)54(46-30-26-38-14-2-6-18-42(38)34-46)57(53)55(47-31-27-39-15-3-7-19-43(39)35-47)51-23-11-12-24-52(51)56(57)48-32-28-40-16-4-8-20-44(40)36-48/h1-36H. The fraction of sp³-hybridized carbons (Fsp3) is 0. The van der Waals surface area contributed by atoms with Crippen LogP contribution in [0.15, 0.2) is 218 Å². The van der Waals surface area contributed by atoms with E-state index < -0.39 is 8.72 Å². The number of hydrogen-bond acceptors (Lipinski definition) is 4. The van der Waals surface area contributed by atoms with Crippen LogP contribution in [0, 0.1) is 0 Å². The van der Waals surface area contributed by atoms with E-state index in [2.05, 4.69) is 237 Å². The number of para-hydroxylation sites is 4. The summed E-state index contributed by atoms with van der Waals surface area (Å²) in [7, 11) is -3.58. The van der Waals surface area contributed by atoms with Crippen LogP contribution in [-0.4, -0.2) is 8.72 Å². The molecule has 2 aliphatic rings. The van der Waals surface area contributed by atoms with Gasteiger partial charge in [-0.15, -0.1) is 0 Å². The van der Waals surface area contributed by atoms with Gasteiger partial charge in [-0.2, -0.15) is 0 Å². The summed E-state index contributed by atoms with van der Waals surface area (Å²) in [5, 5.41) is 9.76. The van der Waals surface area contributed by atoms with E-state index in [4.69, 9.17) is 0 Å². The SMILES string of the molecule is c1ccc2c(c1)N(c1ccc3ccccc3c1)[Si]1(N2c2ccc3ccccc3c2)N(c2ccc3ccccc3c2)c2ccccc2N1c1ccc2ccccc2c1. The molecule has 0 unspecified atom stereocenters. The van der Waals surface area contributed by atoms with Crippen molar-refractivity contribution < 1.29 is 0 Å². The maximum Gasteiger partial charge on any atom is 0.521 e. The highest BCUT2D eigenvalue weighted by molar-refractivity contribution is 6.99. The second-order valence-electron chi connectivity index (χ2n) is 15.0. The molecule has 0 amide bonds. The van der Waals surface area contributed by atoms with Gasteiger partial charge >= 0.3 is 8.72 Å². The van der Waals surface area contributed by atoms with Crippen LogP contribution in [0.5, 0.6) is 0 Å². The Morgan fingerprint density at radius 2 is 0.421 bits per heavy atom. The van der Waals surface area contributed by atoms with E-state index >= 15 is 0 Å². The van der Waals surface area contributed by atoms with Gasteiger partial charge in [0.15, 0.2) is 0 Å². The minimum Gasteiger partial charge on any atom is -0.314 e. The Morgan fingerprint density at radius 1 is 0.211 bits per heavy atom. The molecule has 0 radical (unpaired) electrons. The molecular weight excluding hydrogens is 709 g/mol. The monoisotopic (exact) mass is 744 g/mol. The van der Waals surface area contributed by atoms with Gasteiger partial charge in [-0.05, 0) is 116 Å². The van der Waals surface area contributed by atoms with Crippen molar-refractivity contribution >= 4 is 97.3 Å². The van der Waals surface area contributed by atoms with Crippen LogP contribution in [0.1, 0.15) is 0 Å². The molecule has 4 nitrogen and oxygen atoms in total. The fourth-order valence-corrected chi connectivity index (χ4v) is 14.6. The Hall–Kier alpha value is -7.34. The molecule has 10 aromatic rings. The average Bonchev–Trinajstić information content (AvgIpc) is 3.74. The number of hydrogen-bond donors (Lipinski definition) is 0. The zero-order valence-electron chi connectivity index (χ0n) is 31.1. The number of nitrogens with zero attached hydrogens (tertiary/aromatic N) is 4. The second-order valence-corrected chi connectivity index (χ2v) is 18.0. The van der Waals surface area contributed by atoms with Crippen molar-refractivity contribution in [2.45, 2.75) is 0 Å². The van der Waals surface area contributed by atoms with E-state index in [0.717, 1.165) is 22.7 Å². The third kappa shape index (κ3) is 4.67. The molecule has 0 aliphatic carbocycles. The maximum atomic E-state index is 2.72. The molecule has 2 aliphatic heterocycles. The molecule has 5 heteroatoms.